The Balaban J connectivity index is 1.36. The van der Waals surface area contributed by atoms with Crippen LogP contribution < -0.4 is 5.32 Å². The summed E-state index contributed by atoms with van der Waals surface area (Å²) in [6.45, 7) is 2.47. The Labute approximate surface area is 158 Å². The molecule has 0 radical (unpaired) electrons. The van der Waals surface area contributed by atoms with Crippen LogP contribution in [0, 0.1) is 5.92 Å². The number of nitrogens with one attached hydrogen (secondary N) is 1. The third-order valence-electron chi connectivity index (χ3n) is 5.55. The molecule has 142 valence electrons. The van der Waals surface area contributed by atoms with Crippen LogP contribution in [0.4, 0.5) is 0 Å². The minimum atomic E-state index is -0.00483. The van der Waals surface area contributed by atoms with Gasteiger partial charge in [-0.25, -0.2) is 0 Å². The fourth-order valence-corrected chi connectivity index (χ4v) is 4.03. The van der Waals surface area contributed by atoms with E-state index in [1.807, 2.05) is 24.4 Å². The number of likely N-dealkylation sites (tertiary alicyclic amines) is 1. The van der Waals surface area contributed by atoms with Crippen molar-refractivity contribution in [2.45, 2.75) is 31.7 Å². The molecular formula is C21H25N3O3. The van der Waals surface area contributed by atoms with Crippen LogP contribution in [-0.4, -0.2) is 54.0 Å². The van der Waals surface area contributed by atoms with E-state index >= 15 is 0 Å². The van der Waals surface area contributed by atoms with E-state index in [-0.39, 0.29) is 23.8 Å². The highest BCUT2D eigenvalue weighted by atomic mass is 16.5. The number of ether oxygens (including phenoxy) is 1. The number of hydrogen-bond acceptors (Lipinski definition) is 4. The fraction of sp³-hybridized carbons (Fsp3) is 0.476. The normalized spacial score (nSPS) is 22.5. The van der Waals surface area contributed by atoms with Crippen LogP contribution in [0.1, 0.15) is 24.8 Å². The summed E-state index contributed by atoms with van der Waals surface area (Å²) in [5.74, 6) is 0.400. The molecule has 3 heterocycles. The van der Waals surface area contributed by atoms with Crippen molar-refractivity contribution in [3.63, 3.8) is 0 Å². The van der Waals surface area contributed by atoms with Gasteiger partial charge in [-0.15, -0.1) is 0 Å². The van der Waals surface area contributed by atoms with Crippen LogP contribution in [0.2, 0.25) is 0 Å². The van der Waals surface area contributed by atoms with Gasteiger partial charge in [0.15, 0.2) is 0 Å². The molecule has 0 spiro atoms. The molecule has 2 unspecified atom stereocenters. The van der Waals surface area contributed by atoms with Gasteiger partial charge < -0.3 is 15.0 Å². The molecule has 1 N–H and O–H groups in total. The van der Waals surface area contributed by atoms with Crippen LogP contribution in [0.3, 0.4) is 0 Å². The van der Waals surface area contributed by atoms with Crippen LogP contribution >= 0.6 is 0 Å². The molecule has 2 saturated heterocycles. The van der Waals surface area contributed by atoms with E-state index in [1.165, 1.54) is 5.56 Å². The summed E-state index contributed by atoms with van der Waals surface area (Å²) in [6, 6.07) is 10.2. The molecule has 2 aliphatic rings. The second-order valence-corrected chi connectivity index (χ2v) is 7.40. The van der Waals surface area contributed by atoms with Crippen molar-refractivity contribution >= 4 is 22.7 Å². The first-order chi connectivity index (χ1) is 13.2. The minimum Gasteiger partial charge on any atom is -0.379 e. The highest BCUT2D eigenvalue weighted by Crippen LogP contribution is 2.24. The molecule has 0 bridgehead atoms. The number of amides is 2. The van der Waals surface area contributed by atoms with Crippen LogP contribution in [0.25, 0.3) is 10.9 Å². The molecule has 1 aromatic carbocycles. The SMILES string of the molecule is O=C(CCN1CCCC1=O)NC1COCC1Cc1ccnc2ccccc12. The first kappa shape index (κ1) is 17.9. The van der Waals surface area contributed by atoms with E-state index in [9.17, 15) is 9.59 Å². The van der Waals surface area contributed by atoms with Gasteiger partial charge >= 0.3 is 0 Å². The molecule has 0 aliphatic carbocycles. The standard InChI is InChI=1S/C21H25N3O3/c25-20(8-11-24-10-3-6-21(24)26)23-19-14-27-13-16(19)12-15-7-9-22-18-5-2-1-4-17(15)18/h1-2,4-5,7,9,16,19H,3,6,8,10-14H2,(H,23,25). The van der Waals surface area contributed by atoms with Crippen LogP contribution in [0.5, 0.6) is 0 Å². The van der Waals surface area contributed by atoms with E-state index in [0.717, 1.165) is 30.3 Å². The molecule has 2 aliphatic heterocycles. The van der Waals surface area contributed by atoms with Gasteiger partial charge in [-0.1, -0.05) is 18.2 Å². The Kier molecular flexibility index (Phi) is 5.34. The van der Waals surface area contributed by atoms with Gasteiger partial charge in [0.05, 0.1) is 24.8 Å². The Bertz CT molecular complexity index is 833. The maximum absolute atomic E-state index is 12.4. The maximum atomic E-state index is 12.4. The van der Waals surface area contributed by atoms with Crippen molar-refractivity contribution in [2.24, 2.45) is 5.92 Å². The number of benzene rings is 1. The summed E-state index contributed by atoms with van der Waals surface area (Å²) in [4.78, 5) is 30.2. The van der Waals surface area contributed by atoms with Crippen molar-refractivity contribution < 1.29 is 14.3 Å². The summed E-state index contributed by atoms with van der Waals surface area (Å²) in [7, 11) is 0. The van der Waals surface area contributed by atoms with Gasteiger partial charge in [0.25, 0.3) is 0 Å². The number of fused-ring (bicyclic) bond motifs is 1. The zero-order valence-electron chi connectivity index (χ0n) is 15.4. The molecule has 6 nitrogen and oxygen atoms in total. The summed E-state index contributed by atoms with van der Waals surface area (Å²) in [5, 5.41) is 4.28. The lowest BCUT2D eigenvalue weighted by molar-refractivity contribution is -0.128. The van der Waals surface area contributed by atoms with Crippen molar-refractivity contribution in [1.29, 1.82) is 0 Å². The van der Waals surface area contributed by atoms with Crippen molar-refractivity contribution in [3.8, 4) is 0 Å². The quantitative estimate of drug-likeness (QED) is 0.847. The predicted octanol–water partition coefficient (Wildman–Crippen LogP) is 1.92. The second-order valence-electron chi connectivity index (χ2n) is 7.40. The van der Waals surface area contributed by atoms with Crippen molar-refractivity contribution in [2.75, 3.05) is 26.3 Å². The molecule has 2 atom stereocenters. The average molecular weight is 367 g/mol. The molecular weight excluding hydrogens is 342 g/mol. The summed E-state index contributed by atoms with van der Waals surface area (Å²) in [6.07, 6.45) is 4.55. The number of nitrogens with zero attached hydrogens (tertiary/aromatic N) is 2. The minimum absolute atomic E-state index is 0.00483. The summed E-state index contributed by atoms with van der Waals surface area (Å²) >= 11 is 0. The van der Waals surface area contributed by atoms with Crippen molar-refractivity contribution in [3.05, 3.63) is 42.1 Å². The van der Waals surface area contributed by atoms with Crippen LogP contribution in [-0.2, 0) is 20.7 Å². The van der Waals surface area contributed by atoms with E-state index in [4.69, 9.17) is 4.74 Å². The smallest absolute Gasteiger partial charge is 0.222 e. The second kappa shape index (κ2) is 8.05. The third kappa shape index (κ3) is 4.11. The molecule has 6 heteroatoms. The monoisotopic (exact) mass is 367 g/mol. The topological polar surface area (TPSA) is 71.5 Å². The van der Waals surface area contributed by atoms with Gasteiger partial charge in [-0.05, 0) is 30.5 Å². The molecule has 27 heavy (non-hydrogen) atoms. The van der Waals surface area contributed by atoms with Gasteiger partial charge in [0.2, 0.25) is 11.8 Å². The first-order valence-electron chi connectivity index (χ1n) is 9.68. The van der Waals surface area contributed by atoms with E-state index in [0.29, 0.717) is 32.6 Å². The van der Waals surface area contributed by atoms with E-state index in [2.05, 4.69) is 22.4 Å². The molecule has 1 aromatic heterocycles. The number of hydrogen-bond donors (Lipinski definition) is 1. The first-order valence-corrected chi connectivity index (χ1v) is 9.68. The molecule has 2 aromatic rings. The Morgan fingerprint density at radius 3 is 3.00 bits per heavy atom. The van der Waals surface area contributed by atoms with Crippen molar-refractivity contribution in [1.82, 2.24) is 15.2 Å². The number of rotatable bonds is 6. The number of carbonyl (C=O) groups is 2. The lowest BCUT2D eigenvalue weighted by Crippen LogP contribution is -2.42. The molecule has 2 fully saturated rings. The number of carbonyl (C=O) groups excluding carboxylic acids is 2. The third-order valence-corrected chi connectivity index (χ3v) is 5.55. The number of pyridine rings is 1. The fourth-order valence-electron chi connectivity index (χ4n) is 4.03. The Morgan fingerprint density at radius 1 is 1.26 bits per heavy atom. The average Bonchev–Trinajstić information content (AvgIpc) is 3.29. The zero-order chi connectivity index (χ0) is 18.6. The Hall–Kier alpha value is -2.47. The van der Waals surface area contributed by atoms with Gasteiger partial charge in [0.1, 0.15) is 0 Å². The summed E-state index contributed by atoms with van der Waals surface area (Å²) < 4.78 is 5.65. The number of para-hydroxylation sites is 1. The number of aromatic nitrogens is 1. The highest BCUT2D eigenvalue weighted by molar-refractivity contribution is 5.82. The lowest BCUT2D eigenvalue weighted by atomic mass is 9.93. The summed E-state index contributed by atoms with van der Waals surface area (Å²) in [5.41, 5.74) is 2.22. The maximum Gasteiger partial charge on any atom is 0.222 e. The molecule has 4 rings (SSSR count). The molecule has 2 amide bonds. The molecule has 0 saturated carbocycles. The highest BCUT2D eigenvalue weighted by Gasteiger charge is 2.30. The van der Waals surface area contributed by atoms with Crippen LogP contribution in [0.15, 0.2) is 36.5 Å². The van der Waals surface area contributed by atoms with Gasteiger partial charge in [-0.2, -0.15) is 0 Å². The largest absolute Gasteiger partial charge is 0.379 e. The van der Waals surface area contributed by atoms with E-state index < -0.39 is 0 Å². The Morgan fingerprint density at radius 2 is 2.15 bits per heavy atom. The lowest BCUT2D eigenvalue weighted by Gasteiger charge is -2.21. The van der Waals surface area contributed by atoms with Gasteiger partial charge in [-0.3, -0.25) is 14.6 Å². The van der Waals surface area contributed by atoms with Gasteiger partial charge in [0, 0.05) is 43.4 Å². The zero-order valence-corrected chi connectivity index (χ0v) is 15.4. The predicted molar refractivity (Wildman–Crippen MR) is 102 cm³/mol. The van der Waals surface area contributed by atoms with E-state index in [1.54, 1.807) is 4.90 Å².